The normalized spacial score (nSPS) is 14.7. The summed E-state index contributed by atoms with van der Waals surface area (Å²) < 4.78 is 5.16. The molecule has 3 rings (SSSR count). The Morgan fingerprint density at radius 3 is 2.38 bits per heavy atom. The van der Waals surface area contributed by atoms with Crippen molar-refractivity contribution in [2.45, 2.75) is 27.2 Å². The van der Waals surface area contributed by atoms with Gasteiger partial charge >= 0.3 is 5.97 Å². The molecule has 0 aliphatic carbocycles. The number of piperazine rings is 1. The van der Waals surface area contributed by atoms with Crippen LogP contribution in [0.5, 0.6) is 0 Å². The van der Waals surface area contributed by atoms with E-state index in [1.807, 2.05) is 37.3 Å². The molecule has 1 aliphatic rings. The van der Waals surface area contributed by atoms with Gasteiger partial charge < -0.3 is 19.9 Å². The van der Waals surface area contributed by atoms with Crippen molar-refractivity contribution in [3.8, 4) is 0 Å². The molecule has 0 atom stereocenters. The van der Waals surface area contributed by atoms with E-state index in [0.29, 0.717) is 10.6 Å². The van der Waals surface area contributed by atoms with Crippen LogP contribution in [0, 0.1) is 6.92 Å². The predicted octanol–water partition coefficient (Wildman–Crippen LogP) is 3.56. The average Bonchev–Trinajstić information content (AvgIpc) is 3.13. The van der Waals surface area contributed by atoms with Crippen LogP contribution in [0.25, 0.3) is 0 Å². The second-order valence-electron chi connectivity index (χ2n) is 7.16. The molecule has 2 heterocycles. The molecule has 0 spiro atoms. The molecule has 1 amide bonds. The molecule has 1 aromatic carbocycles. The highest BCUT2D eigenvalue weighted by Gasteiger charge is 2.17. The number of esters is 1. The SMILES string of the molecule is CCc1sc(C(=O)OCC(=O)Nc2ccc(N3CCN(CC)CC3)cc2)cc1C. The number of likely N-dealkylation sites (N-methyl/N-ethyl adjacent to an activating group) is 1. The topological polar surface area (TPSA) is 61.9 Å². The summed E-state index contributed by atoms with van der Waals surface area (Å²) in [5.74, 6) is -0.791. The molecule has 0 saturated carbocycles. The molecular weight excluding hydrogens is 386 g/mol. The van der Waals surface area contributed by atoms with Crippen LogP contribution in [0.3, 0.4) is 0 Å². The number of anilines is 2. The first-order chi connectivity index (χ1) is 14.0. The summed E-state index contributed by atoms with van der Waals surface area (Å²) in [6, 6.07) is 9.63. The summed E-state index contributed by atoms with van der Waals surface area (Å²) in [4.78, 5) is 30.8. The Kier molecular flexibility index (Phi) is 7.28. The molecule has 1 fully saturated rings. The van der Waals surface area contributed by atoms with E-state index < -0.39 is 5.97 Å². The number of amides is 1. The van der Waals surface area contributed by atoms with Gasteiger partial charge in [-0.15, -0.1) is 11.3 Å². The maximum absolute atomic E-state index is 12.1. The van der Waals surface area contributed by atoms with Crippen LogP contribution < -0.4 is 10.2 Å². The zero-order valence-corrected chi connectivity index (χ0v) is 18.2. The number of nitrogens with zero attached hydrogens (tertiary/aromatic N) is 2. The van der Waals surface area contributed by atoms with Crippen LogP contribution in [-0.2, 0) is 16.0 Å². The lowest BCUT2D eigenvalue weighted by Gasteiger charge is -2.35. The number of hydrogen-bond acceptors (Lipinski definition) is 6. The summed E-state index contributed by atoms with van der Waals surface area (Å²) in [5, 5.41) is 2.78. The van der Waals surface area contributed by atoms with E-state index in [4.69, 9.17) is 4.74 Å². The number of benzene rings is 1. The maximum atomic E-state index is 12.1. The van der Waals surface area contributed by atoms with Gasteiger partial charge in [0.25, 0.3) is 5.91 Å². The van der Waals surface area contributed by atoms with Gasteiger partial charge in [-0.25, -0.2) is 4.79 Å². The summed E-state index contributed by atoms with van der Waals surface area (Å²) in [5.41, 5.74) is 2.94. The van der Waals surface area contributed by atoms with Crippen molar-refractivity contribution in [2.24, 2.45) is 0 Å². The molecule has 1 aromatic heterocycles. The van der Waals surface area contributed by atoms with E-state index in [0.717, 1.165) is 55.3 Å². The quantitative estimate of drug-likeness (QED) is 0.701. The van der Waals surface area contributed by atoms with Crippen molar-refractivity contribution in [2.75, 3.05) is 49.5 Å². The largest absolute Gasteiger partial charge is 0.451 e. The molecule has 7 heteroatoms. The van der Waals surface area contributed by atoms with E-state index in [-0.39, 0.29) is 12.5 Å². The van der Waals surface area contributed by atoms with Crippen molar-refractivity contribution < 1.29 is 14.3 Å². The highest BCUT2D eigenvalue weighted by molar-refractivity contribution is 7.14. The van der Waals surface area contributed by atoms with E-state index in [1.165, 1.54) is 11.3 Å². The molecule has 2 aromatic rings. The lowest BCUT2D eigenvalue weighted by Crippen LogP contribution is -2.46. The predicted molar refractivity (Wildman–Crippen MR) is 118 cm³/mol. The Balaban J connectivity index is 1.47. The number of nitrogens with one attached hydrogen (secondary N) is 1. The van der Waals surface area contributed by atoms with Crippen molar-refractivity contribution in [3.05, 3.63) is 45.6 Å². The minimum absolute atomic E-state index is 0.294. The van der Waals surface area contributed by atoms with Gasteiger partial charge in [-0.1, -0.05) is 13.8 Å². The van der Waals surface area contributed by atoms with Gasteiger partial charge in [0.15, 0.2) is 6.61 Å². The fourth-order valence-corrected chi connectivity index (χ4v) is 4.46. The van der Waals surface area contributed by atoms with Gasteiger partial charge in [0.05, 0.1) is 0 Å². The van der Waals surface area contributed by atoms with Crippen molar-refractivity contribution in [1.82, 2.24) is 4.90 Å². The summed E-state index contributed by atoms with van der Waals surface area (Å²) in [7, 11) is 0. The minimum atomic E-state index is -0.450. The molecule has 0 radical (unpaired) electrons. The van der Waals surface area contributed by atoms with Crippen LogP contribution >= 0.6 is 11.3 Å². The lowest BCUT2D eigenvalue weighted by atomic mass is 10.2. The molecule has 29 heavy (non-hydrogen) atoms. The molecule has 1 aliphatic heterocycles. The van der Waals surface area contributed by atoms with Crippen molar-refractivity contribution in [3.63, 3.8) is 0 Å². The minimum Gasteiger partial charge on any atom is -0.451 e. The second kappa shape index (κ2) is 9.89. The van der Waals surface area contributed by atoms with E-state index in [9.17, 15) is 9.59 Å². The Morgan fingerprint density at radius 1 is 1.10 bits per heavy atom. The Hall–Kier alpha value is -2.38. The fraction of sp³-hybridized carbons (Fsp3) is 0.455. The molecule has 0 bridgehead atoms. The third-order valence-corrected chi connectivity index (χ3v) is 6.57. The number of aryl methyl sites for hydroxylation is 2. The molecule has 1 saturated heterocycles. The Labute approximate surface area is 176 Å². The number of ether oxygens (including phenoxy) is 1. The van der Waals surface area contributed by atoms with E-state index >= 15 is 0 Å². The molecule has 0 unspecified atom stereocenters. The maximum Gasteiger partial charge on any atom is 0.348 e. The lowest BCUT2D eigenvalue weighted by molar-refractivity contribution is -0.119. The summed E-state index contributed by atoms with van der Waals surface area (Å²) in [6.07, 6.45) is 0.883. The number of carbonyl (C=O) groups excluding carboxylic acids is 2. The molecule has 6 nitrogen and oxygen atoms in total. The van der Waals surface area contributed by atoms with Crippen LogP contribution in [0.2, 0.25) is 0 Å². The van der Waals surface area contributed by atoms with Gasteiger partial charge in [0.1, 0.15) is 4.88 Å². The van der Waals surface area contributed by atoms with Crippen LogP contribution in [0.4, 0.5) is 11.4 Å². The monoisotopic (exact) mass is 415 g/mol. The van der Waals surface area contributed by atoms with Crippen LogP contribution in [0.15, 0.2) is 30.3 Å². The van der Waals surface area contributed by atoms with Gasteiger partial charge in [0, 0.05) is 42.4 Å². The second-order valence-corrected chi connectivity index (χ2v) is 8.30. The first-order valence-corrected chi connectivity index (χ1v) is 11.0. The smallest absolute Gasteiger partial charge is 0.348 e. The van der Waals surface area contributed by atoms with Crippen LogP contribution in [0.1, 0.15) is 34.0 Å². The average molecular weight is 416 g/mol. The fourth-order valence-electron chi connectivity index (χ4n) is 3.45. The highest BCUT2D eigenvalue weighted by atomic mass is 32.1. The first-order valence-electron chi connectivity index (χ1n) is 10.1. The van der Waals surface area contributed by atoms with Gasteiger partial charge in [-0.05, 0) is 55.8 Å². The Bertz CT molecular complexity index is 839. The molecule has 1 N–H and O–H groups in total. The number of hydrogen-bond donors (Lipinski definition) is 1. The summed E-state index contributed by atoms with van der Waals surface area (Å²) >= 11 is 1.43. The highest BCUT2D eigenvalue weighted by Crippen LogP contribution is 2.23. The van der Waals surface area contributed by atoms with E-state index in [2.05, 4.69) is 29.0 Å². The van der Waals surface area contributed by atoms with E-state index in [1.54, 1.807) is 0 Å². The molecular formula is C22H29N3O3S. The standard InChI is InChI=1S/C22H29N3O3S/c1-4-19-16(3)14-20(29-19)22(27)28-15-21(26)23-17-6-8-18(9-7-17)25-12-10-24(5-2)11-13-25/h6-9,14H,4-5,10-13,15H2,1-3H3,(H,23,26). The number of rotatable bonds is 7. The van der Waals surface area contributed by atoms with Crippen molar-refractivity contribution >= 4 is 34.6 Å². The molecule has 156 valence electrons. The third kappa shape index (κ3) is 5.58. The summed E-state index contributed by atoms with van der Waals surface area (Å²) in [6.45, 7) is 11.2. The van der Waals surface area contributed by atoms with Crippen molar-refractivity contribution in [1.29, 1.82) is 0 Å². The van der Waals surface area contributed by atoms with Gasteiger partial charge in [0.2, 0.25) is 0 Å². The van der Waals surface area contributed by atoms with Gasteiger partial charge in [-0.3, -0.25) is 4.79 Å². The zero-order chi connectivity index (χ0) is 20.8. The Morgan fingerprint density at radius 2 is 1.79 bits per heavy atom. The number of carbonyl (C=O) groups is 2. The number of thiophene rings is 1. The first kappa shape index (κ1) is 21.3. The van der Waals surface area contributed by atoms with Gasteiger partial charge in [-0.2, -0.15) is 0 Å². The van der Waals surface area contributed by atoms with Crippen LogP contribution in [-0.4, -0.2) is 56.1 Å². The zero-order valence-electron chi connectivity index (χ0n) is 17.4. The third-order valence-electron chi connectivity index (χ3n) is 5.21.